The van der Waals surface area contributed by atoms with Gasteiger partial charge in [-0.1, -0.05) is 24.3 Å². The molecule has 2 aliphatic rings. The van der Waals surface area contributed by atoms with E-state index in [2.05, 4.69) is 36.1 Å². The summed E-state index contributed by atoms with van der Waals surface area (Å²) >= 11 is 0. The number of benzene rings is 1. The third kappa shape index (κ3) is 5.01. The van der Waals surface area contributed by atoms with Crippen molar-refractivity contribution in [2.75, 3.05) is 45.8 Å². The lowest BCUT2D eigenvalue weighted by Crippen LogP contribution is -2.41. The maximum atomic E-state index is 12.8. The number of likely N-dealkylation sites (tertiary alicyclic amines) is 1. The van der Waals surface area contributed by atoms with E-state index in [9.17, 15) is 13.6 Å². The molecular formula is C20H29F2N3O. The fourth-order valence-electron chi connectivity index (χ4n) is 3.91. The Kier molecular flexibility index (Phi) is 6.59. The molecule has 144 valence electrons. The van der Waals surface area contributed by atoms with Crippen LogP contribution in [0, 0.1) is 12.8 Å². The van der Waals surface area contributed by atoms with E-state index in [1.165, 1.54) is 11.1 Å². The maximum Gasteiger partial charge on any atom is 0.242 e. The highest BCUT2D eigenvalue weighted by atomic mass is 19.3. The predicted octanol–water partition coefficient (Wildman–Crippen LogP) is 2.62. The summed E-state index contributed by atoms with van der Waals surface area (Å²) in [5.74, 6) is -0.491. The Morgan fingerprint density at radius 2 is 1.92 bits per heavy atom. The SMILES string of the molecule is Cc1ccccc1CN1CCCN(C(=O)CN2CCC(C(F)F)C2)CC1. The molecule has 2 heterocycles. The number of halogens is 2. The monoisotopic (exact) mass is 365 g/mol. The molecule has 0 N–H and O–H groups in total. The van der Waals surface area contributed by atoms with Crippen molar-refractivity contribution in [2.24, 2.45) is 5.92 Å². The molecular weight excluding hydrogens is 336 g/mol. The summed E-state index contributed by atoms with van der Waals surface area (Å²) in [5, 5.41) is 0. The third-order valence-corrected chi connectivity index (χ3v) is 5.62. The van der Waals surface area contributed by atoms with E-state index in [0.29, 0.717) is 19.5 Å². The summed E-state index contributed by atoms with van der Waals surface area (Å²) in [6, 6.07) is 8.42. The number of amides is 1. The van der Waals surface area contributed by atoms with Crippen LogP contribution in [-0.2, 0) is 11.3 Å². The fraction of sp³-hybridized carbons (Fsp3) is 0.650. The zero-order chi connectivity index (χ0) is 18.5. The van der Waals surface area contributed by atoms with Gasteiger partial charge in [-0.05, 0) is 37.4 Å². The number of rotatable bonds is 5. The van der Waals surface area contributed by atoms with Crippen molar-refractivity contribution in [1.29, 1.82) is 0 Å². The highest BCUT2D eigenvalue weighted by Crippen LogP contribution is 2.22. The molecule has 2 aliphatic heterocycles. The Morgan fingerprint density at radius 3 is 2.65 bits per heavy atom. The summed E-state index contributed by atoms with van der Waals surface area (Å²) in [6.45, 7) is 7.59. The van der Waals surface area contributed by atoms with Crippen LogP contribution in [0.3, 0.4) is 0 Å². The summed E-state index contributed by atoms with van der Waals surface area (Å²) in [4.78, 5) is 18.8. The molecule has 0 aromatic heterocycles. The molecule has 0 radical (unpaired) electrons. The zero-order valence-corrected chi connectivity index (χ0v) is 15.5. The zero-order valence-electron chi connectivity index (χ0n) is 15.5. The molecule has 1 unspecified atom stereocenters. The number of aryl methyl sites for hydroxylation is 1. The molecule has 4 nitrogen and oxygen atoms in total. The first-order chi connectivity index (χ1) is 12.5. The van der Waals surface area contributed by atoms with Gasteiger partial charge < -0.3 is 4.90 Å². The van der Waals surface area contributed by atoms with Gasteiger partial charge in [0.2, 0.25) is 12.3 Å². The van der Waals surface area contributed by atoms with Crippen molar-refractivity contribution < 1.29 is 13.6 Å². The predicted molar refractivity (Wildman–Crippen MR) is 98.2 cm³/mol. The van der Waals surface area contributed by atoms with Gasteiger partial charge >= 0.3 is 0 Å². The molecule has 0 aliphatic carbocycles. The Balaban J connectivity index is 1.47. The Hall–Kier alpha value is -1.53. The molecule has 0 spiro atoms. The topological polar surface area (TPSA) is 26.8 Å². The van der Waals surface area contributed by atoms with Crippen LogP contribution >= 0.6 is 0 Å². The Morgan fingerprint density at radius 1 is 1.12 bits per heavy atom. The molecule has 2 saturated heterocycles. The minimum Gasteiger partial charge on any atom is -0.340 e. The van der Waals surface area contributed by atoms with E-state index in [0.717, 1.165) is 39.1 Å². The van der Waals surface area contributed by atoms with E-state index in [1.54, 1.807) is 0 Å². The van der Waals surface area contributed by atoms with Gasteiger partial charge in [0.15, 0.2) is 0 Å². The molecule has 3 rings (SSSR count). The Labute approximate surface area is 154 Å². The quantitative estimate of drug-likeness (QED) is 0.803. The summed E-state index contributed by atoms with van der Waals surface area (Å²) in [6.07, 6.45) is -0.824. The average Bonchev–Trinajstić information content (AvgIpc) is 2.95. The number of carbonyl (C=O) groups excluding carboxylic acids is 1. The first kappa shape index (κ1) is 19.2. The van der Waals surface area contributed by atoms with Gasteiger partial charge in [-0.3, -0.25) is 14.6 Å². The molecule has 1 atom stereocenters. The van der Waals surface area contributed by atoms with Gasteiger partial charge in [0.25, 0.3) is 0 Å². The molecule has 1 aromatic rings. The largest absolute Gasteiger partial charge is 0.340 e. The van der Waals surface area contributed by atoms with Crippen LogP contribution in [0.1, 0.15) is 24.0 Å². The van der Waals surface area contributed by atoms with Gasteiger partial charge in [0.1, 0.15) is 0 Å². The van der Waals surface area contributed by atoms with Crippen LogP contribution in [0.25, 0.3) is 0 Å². The van der Waals surface area contributed by atoms with Crippen LogP contribution in [0.2, 0.25) is 0 Å². The van der Waals surface area contributed by atoms with Crippen molar-refractivity contribution in [1.82, 2.24) is 14.7 Å². The standard InChI is InChI=1S/C20H29F2N3O/c1-16-5-2-3-6-17(16)13-23-8-4-9-25(12-11-23)19(26)15-24-10-7-18(14-24)20(21)22/h2-3,5-6,18,20H,4,7-15H2,1H3. The van der Waals surface area contributed by atoms with Gasteiger partial charge in [0, 0.05) is 45.2 Å². The Bertz CT molecular complexity index is 610. The molecule has 2 fully saturated rings. The second kappa shape index (κ2) is 8.91. The molecule has 1 amide bonds. The van der Waals surface area contributed by atoms with Crippen molar-refractivity contribution in [3.8, 4) is 0 Å². The van der Waals surface area contributed by atoms with Crippen molar-refractivity contribution >= 4 is 5.91 Å². The van der Waals surface area contributed by atoms with E-state index in [1.807, 2.05) is 9.80 Å². The first-order valence-electron chi connectivity index (χ1n) is 9.58. The lowest BCUT2D eigenvalue weighted by Gasteiger charge is -2.24. The number of hydrogen-bond donors (Lipinski definition) is 0. The lowest BCUT2D eigenvalue weighted by atomic mass is 10.1. The van der Waals surface area contributed by atoms with Crippen molar-refractivity contribution in [3.05, 3.63) is 35.4 Å². The third-order valence-electron chi connectivity index (χ3n) is 5.62. The normalized spacial score (nSPS) is 22.8. The molecule has 6 heteroatoms. The highest BCUT2D eigenvalue weighted by molar-refractivity contribution is 5.78. The lowest BCUT2D eigenvalue weighted by molar-refractivity contribution is -0.132. The van der Waals surface area contributed by atoms with E-state index in [-0.39, 0.29) is 12.5 Å². The number of alkyl halides is 2. The van der Waals surface area contributed by atoms with Crippen LogP contribution in [0.5, 0.6) is 0 Å². The minimum atomic E-state index is -2.27. The first-order valence-corrected chi connectivity index (χ1v) is 9.58. The highest BCUT2D eigenvalue weighted by Gasteiger charge is 2.31. The maximum absolute atomic E-state index is 12.8. The van der Waals surface area contributed by atoms with Crippen molar-refractivity contribution in [2.45, 2.75) is 32.7 Å². The number of nitrogens with zero attached hydrogens (tertiary/aromatic N) is 3. The molecule has 26 heavy (non-hydrogen) atoms. The van der Waals surface area contributed by atoms with Gasteiger partial charge in [-0.15, -0.1) is 0 Å². The van der Waals surface area contributed by atoms with E-state index < -0.39 is 12.3 Å². The van der Waals surface area contributed by atoms with Crippen molar-refractivity contribution in [3.63, 3.8) is 0 Å². The number of carbonyl (C=O) groups is 1. The van der Waals surface area contributed by atoms with Crippen LogP contribution in [-0.4, -0.2) is 72.8 Å². The van der Waals surface area contributed by atoms with Crippen LogP contribution in [0.4, 0.5) is 8.78 Å². The number of hydrogen-bond acceptors (Lipinski definition) is 3. The molecule has 1 aromatic carbocycles. The van der Waals surface area contributed by atoms with Gasteiger partial charge in [0.05, 0.1) is 6.54 Å². The second-order valence-electron chi connectivity index (χ2n) is 7.56. The van der Waals surface area contributed by atoms with Crippen LogP contribution in [0.15, 0.2) is 24.3 Å². The summed E-state index contributed by atoms with van der Waals surface area (Å²) in [7, 11) is 0. The minimum absolute atomic E-state index is 0.0812. The van der Waals surface area contributed by atoms with E-state index in [4.69, 9.17) is 0 Å². The molecule has 0 bridgehead atoms. The van der Waals surface area contributed by atoms with Gasteiger partial charge in [-0.2, -0.15) is 0 Å². The summed E-state index contributed by atoms with van der Waals surface area (Å²) < 4.78 is 25.6. The smallest absolute Gasteiger partial charge is 0.242 e. The fourth-order valence-corrected chi connectivity index (χ4v) is 3.91. The second-order valence-corrected chi connectivity index (χ2v) is 7.56. The van der Waals surface area contributed by atoms with Crippen LogP contribution < -0.4 is 0 Å². The summed E-state index contributed by atoms with van der Waals surface area (Å²) in [5.41, 5.74) is 2.63. The molecule has 0 saturated carbocycles. The van der Waals surface area contributed by atoms with Gasteiger partial charge in [-0.25, -0.2) is 8.78 Å². The average molecular weight is 365 g/mol. The van der Waals surface area contributed by atoms with E-state index >= 15 is 0 Å².